The molecule has 0 N–H and O–H groups in total. The molecule has 0 bridgehead atoms. The number of halogens is 3. The van der Waals surface area contributed by atoms with E-state index in [2.05, 4.69) is 15.9 Å². The van der Waals surface area contributed by atoms with Crippen LogP contribution in [-0.4, -0.2) is 35.0 Å². The van der Waals surface area contributed by atoms with E-state index in [1.54, 1.807) is 20.8 Å². The number of Topliss-reactive ketones (excluding diaryl/α,β-unsaturated/α-hetero) is 1. The van der Waals surface area contributed by atoms with Crippen LogP contribution >= 0.6 is 15.9 Å². The maximum absolute atomic E-state index is 14.3. The molecule has 7 heteroatoms. The van der Waals surface area contributed by atoms with Crippen LogP contribution in [-0.2, 0) is 16.0 Å². The maximum atomic E-state index is 14.3. The number of carbonyl (C=O) groups is 2. The zero-order valence-corrected chi connectivity index (χ0v) is 16.0. The molecule has 0 radical (unpaired) electrons. The van der Waals surface area contributed by atoms with E-state index in [1.165, 1.54) is 4.90 Å². The zero-order valence-electron chi connectivity index (χ0n) is 14.4. The SMILES string of the molecule is CC(C)(C)OC(=O)N1CC2(CC2)C(=O)C1Cc1cc(F)cc(Br)c1F. The van der Waals surface area contributed by atoms with Crippen LogP contribution in [0.5, 0.6) is 0 Å². The first-order valence-electron chi connectivity index (χ1n) is 8.20. The monoisotopic (exact) mass is 415 g/mol. The largest absolute Gasteiger partial charge is 0.444 e. The van der Waals surface area contributed by atoms with Crippen LogP contribution in [0.1, 0.15) is 39.2 Å². The van der Waals surface area contributed by atoms with E-state index in [9.17, 15) is 18.4 Å². The van der Waals surface area contributed by atoms with Crippen molar-refractivity contribution >= 4 is 27.8 Å². The Labute approximate surface area is 153 Å². The van der Waals surface area contributed by atoms with Gasteiger partial charge in [0.1, 0.15) is 17.2 Å². The smallest absolute Gasteiger partial charge is 0.410 e. The van der Waals surface area contributed by atoms with Gasteiger partial charge in [-0.2, -0.15) is 0 Å². The summed E-state index contributed by atoms with van der Waals surface area (Å²) in [5, 5.41) is 0. The topological polar surface area (TPSA) is 46.6 Å². The Balaban J connectivity index is 1.89. The minimum absolute atomic E-state index is 0.00195. The van der Waals surface area contributed by atoms with Gasteiger partial charge >= 0.3 is 6.09 Å². The molecule has 1 atom stereocenters. The molecule has 0 aromatic heterocycles. The molecule has 1 aliphatic carbocycles. The van der Waals surface area contributed by atoms with Crippen molar-refractivity contribution in [3.8, 4) is 0 Å². The van der Waals surface area contributed by atoms with E-state index < -0.39 is 34.8 Å². The molecule has 1 amide bonds. The Kier molecular flexibility index (Phi) is 4.42. The number of benzene rings is 1. The fourth-order valence-corrected chi connectivity index (χ4v) is 3.72. The second-order valence-electron chi connectivity index (χ2n) is 7.83. The highest BCUT2D eigenvalue weighted by Crippen LogP contribution is 2.53. The van der Waals surface area contributed by atoms with Crippen LogP contribution < -0.4 is 0 Å². The highest BCUT2D eigenvalue weighted by molar-refractivity contribution is 9.10. The third-order valence-electron chi connectivity index (χ3n) is 4.64. The molecule has 4 nitrogen and oxygen atoms in total. The standard InChI is InChI=1S/C18H20BrF2NO3/c1-17(2,3)25-16(24)22-9-18(4-5-18)15(23)13(22)7-10-6-11(20)8-12(19)14(10)21/h6,8,13H,4-5,7,9H2,1-3H3. The molecule has 1 unspecified atom stereocenters. The third-order valence-corrected chi connectivity index (χ3v) is 5.21. The molecule has 1 saturated carbocycles. The number of carbonyl (C=O) groups excluding carboxylic acids is 2. The van der Waals surface area contributed by atoms with Gasteiger partial charge in [0.2, 0.25) is 0 Å². The van der Waals surface area contributed by atoms with Crippen molar-refractivity contribution in [1.82, 2.24) is 4.90 Å². The van der Waals surface area contributed by atoms with Crippen LogP contribution in [0.15, 0.2) is 16.6 Å². The van der Waals surface area contributed by atoms with Crippen LogP contribution in [0.3, 0.4) is 0 Å². The summed E-state index contributed by atoms with van der Waals surface area (Å²) in [5.74, 6) is -1.30. The van der Waals surface area contributed by atoms with E-state index in [4.69, 9.17) is 4.74 Å². The van der Waals surface area contributed by atoms with E-state index in [-0.39, 0.29) is 28.8 Å². The van der Waals surface area contributed by atoms with Gasteiger partial charge in [-0.15, -0.1) is 0 Å². The van der Waals surface area contributed by atoms with E-state index in [0.29, 0.717) is 0 Å². The number of nitrogens with zero attached hydrogens (tertiary/aromatic N) is 1. The fourth-order valence-electron chi connectivity index (χ4n) is 3.25. The van der Waals surface area contributed by atoms with Gasteiger partial charge in [0.15, 0.2) is 5.78 Å². The quantitative estimate of drug-likeness (QED) is 0.678. The second kappa shape index (κ2) is 6.04. The summed E-state index contributed by atoms with van der Waals surface area (Å²) in [5.41, 5.74) is -1.16. The van der Waals surface area contributed by atoms with Crippen molar-refractivity contribution in [2.45, 2.75) is 51.7 Å². The molecule has 3 rings (SSSR count). The Morgan fingerprint density at radius 3 is 2.56 bits per heavy atom. The summed E-state index contributed by atoms with van der Waals surface area (Å²) in [6.45, 7) is 5.51. The average molecular weight is 416 g/mol. The van der Waals surface area contributed by atoms with Crippen molar-refractivity contribution in [3.63, 3.8) is 0 Å². The van der Waals surface area contributed by atoms with Crippen molar-refractivity contribution in [3.05, 3.63) is 33.8 Å². The molecule has 1 heterocycles. The average Bonchev–Trinajstić information content (AvgIpc) is 3.20. The molecule has 2 aliphatic rings. The Morgan fingerprint density at radius 2 is 2.00 bits per heavy atom. The molecule has 1 aliphatic heterocycles. The second-order valence-corrected chi connectivity index (χ2v) is 8.69. The lowest BCUT2D eigenvalue weighted by Crippen LogP contribution is -2.42. The first-order valence-corrected chi connectivity index (χ1v) is 8.99. The van der Waals surface area contributed by atoms with Crippen LogP contribution in [0.2, 0.25) is 0 Å². The lowest BCUT2D eigenvalue weighted by Gasteiger charge is -2.28. The highest BCUT2D eigenvalue weighted by Gasteiger charge is 2.60. The summed E-state index contributed by atoms with van der Waals surface area (Å²) < 4.78 is 33.3. The summed E-state index contributed by atoms with van der Waals surface area (Å²) >= 11 is 2.97. The summed E-state index contributed by atoms with van der Waals surface area (Å²) in [6.07, 6.45) is 0.779. The van der Waals surface area contributed by atoms with Crippen molar-refractivity contribution in [2.24, 2.45) is 5.41 Å². The number of amides is 1. The molecule has 1 aromatic rings. The first kappa shape index (κ1) is 18.3. The molecule has 1 aromatic carbocycles. The normalized spacial score (nSPS) is 21.8. The van der Waals surface area contributed by atoms with Gasteiger partial charge in [0.05, 0.1) is 10.5 Å². The number of likely N-dealkylation sites (tertiary alicyclic amines) is 1. The van der Waals surface area contributed by atoms with Gasteiger partial charge in [-0.1, -0.05) is 0 Å². The predicted molar refractivity (Wildman–Crippen MR) is 91.2 cm³/mol. The third kappa shape index (κ3) is 3.57. The molecule has 1 saturated heterocycles. The minimum Gasteiger partial charge on any atom is -0.444 e. The van der Waals surface area contributed by atoms with Gasteiger partial charge in [0.25, 0.3) is 0 Å². The molecule has 1 spiro atoms. The molecule has 25 heavy (non-hydrogen) atoms. The van der Waals surface area contributed by atoms with Gasteiger partial charge in [-0.3, -0.25) is 9.69 Å². The van der Waals surface area contributed by atoms with E-state index in [0.717, 1.165) is 25.0 Å². The Bertz CT molecular complexity index is 741. The fraction of sp³-hybridized carbons (Fsp3) is 0.556. The van der Waals surface area contributed by atoms with Gasteiger partial charge < -0.3 is 4.74 Å². The van der Waals surface area contributed by atoms with Gasteiger partial charge in [-0.25, -0.2) is 13.6 Å². The van der Waals surface area contributed by atoms with Crippen LogP contribution in [0, 0.1) is 17.0 Å². The molecule has 136 valence electrons. The Morgan fingerprint density at radius 1 is 1.36 bits per heavy atom. The van der Waals surface area contributed by atoms with Crippen molar-refractivity contribution < 1.29 is 23.1 Å². The molecule has 2 fully saturated rings. The Hall–Kier alpha value is -1.50. The number of hydrogen-bond acceptors (Lipinski definition) is 3. The van der Waals surface area contributed by atoms with Crippen LogP contribution in [0.25, 0.3) is 0 Å². The lowest BCUT2D eigenvalue weighted by molar-refractivity contribution is -0.123. The zero-order chi connectivity index (χ0) is 18.6. The summed E-state index contributed by atoms with van der Waals surface area (Å²) in [6, 6.07) is 1.27. The highest BCUT2D eigenvalue weighted by atomic mass is 79.9. The van der Waals surface area contributed by atoms with E-state index >= 15 is 0 Å². The summed E-state index contributed by atoms with van der Waals surface area (Å²) in [7, 11) is 0. The lowest BCUT2D eigenvalue weighted by atomic mass is 9.96. The van der Waals surface area contributed by atoms with Gasteiger partial charge in [0, 0.05) is 18.4 Å². The number of hydrogen-bond donors (Lipinski definition) is 0. The molecular weight excluding hydrogens is 396 g/mol. The molecular formula is C18H20BrF2NO3. The van der Waals surface area contributed by atoms with Crippen molar-refractivity contribution in [2.75, 3.05) is 6.54 Å². The summed E-state index contributed by atoms with van der Waals surface area (Å²) in [4.78, 5) is 26.7. The first-order chi connectivity index (χ1) is 11.5. The maximum Gasteiger partial charge on any atom is 0.410 e. The minimum atomic E-state index is -0.833. The number of ether oxygens (including phenoxy) is 1. The van der Waals surface area contributed by atoms with Crippen molar-refractivity contribution in [1.29, 1.82) is 0 Å². The van der Waals surface area contributed by atoms with E-state index in [1.807, 2.05) is 0 Å². The predicted octanol–water partition coefficient (Wildman–Crippen LogP) is 4.24. The van der Waals surface area contributed by atoms with Gasteiger partial charge in [-0.05, 0) is 67.2 Å². The van der Waals surface area contributed by atoms with Crippen LogP contribution in [0.4, 0.5) is 13.6 Å². The number of rotatable bonds is 2. The number of ketones is 1.